The number of guanidine groups is 1. The highest BCUT2D eigenvalue weighted by molar-refractivity contribution is 5.80. The lowest BCUT2D eigenvalue weighted by molar-refractivity contribution is 0.173. The van der Waals surface area contributed by atoms with E-state index in [0.29, 0.717) is 0 Å². The Labute approximate surface area is 137 Å². The quantitative estimate of drug-likeness (QED) is 0.561. The Morgan fingerprint density at radius 3 is 2.23 bits per heavy atom. The first-order valence-electron chi connectivity index (χ1n) is 9.14. The molecule has 2 unspecified atom stereocenters. The molecule has 0 amide bonds. The van der Waals surface area contributed by atoms with Gasteiger partial charge in [0.2, 0.25) is 0 Å². The number of hydrogen-bond acceptors (Lipinski definition) is 2. The fraction of sp³-hybridized carbons (Fsp3) is 0.944. The van der Waals surface area contributed by atoms with Gasteiger partial charge in [-0.15, -0.1) is 0 Å². The molecule has 4 heteroatoms. The number of piperidine rings is 1. The van der Waals surface area contributed by atoms with Crippen LogP contribution >= 0.6 is 0 Å². The van der Waals surface area contributed by atoms with Gasteiger partial charge in [0.05, 0.1) is 0 Å². The zero-order valence-electron chi connectivity index (χ0n) is 15.4. The first-order valence-corrected chi connectivity index (χ1v) is 9.14. The summed E-state index contributed by atoms with van der Waals surface area (Å²) < 4.78 is 0. The number of aliphatic imine (C=N–C) groups is 1. The summed E-state index contributed by atoms with van der Waals surface area (Å²) in [6, 6.07) is 0. The molecule has 22 heavy (non-hydrogen) atoms. The number of nitrogens with zero attached hydrogens (tertiary/aromatic N) is 2. The highest BCUT2D eigenvalue weighted by atomic mass is 16.3. The lowest BCUT2D eigenvalue weighted by Gasteiger charge is -2.38. The summed E-state index contributed by atoms with van der Waals surface area (Å²) in [5.41, 5.74) is 0.141. The van der Waals surface area contributed by atoms with Crippen molar-refractivity contribution in [1.29, 1.82) is 0 Å². The summed E-state index contributed by atoms with van der Waals surface area (Å²) >= 11 is 0. The zero-order valence-corrected chi connectivity index (χ0v) is 15.4. The summed E-state index contributed by atoms with van der Waals surface area (Å²) in [5, 5.41) is 12.8. The van der Waals surface area contributed by atoms with Gasteiger partial charge in [0, 0.05) is 32.8 Å². The second-order valence-corrected chi connectivity index (χ2v) is 7.20. The number of aliphatic hydroxyl groups excluding tert-OH is 1. The molecule has 2 atom stereocenters. The topological polar surface area (TPSA) is 47.9 Å². The first kappa shape index (κ1) is 19.3. The molecule has 1 rings (SSSR count). The molecule has 1 aliphatic rings. The van der Waals surface area contributed by atoms with Gasteiger partial charge in [-0.05, 0) is 49.9 Å². The molecule has 2 N–H and O–H groups in total. The molecule has 0 aliphatic carbocycles. The van der Waals surface area contributed by atoms with Crippen molar-refractivity contribution in [3.63, 3.8) is 0 Å². The highest BCUT2D eigenvalue weighted by Crippen LogP contribution is 2.31. The summed E-state index contributed by atoms with van der Waals surface area (Å²) in [5.74, 6) is 2.52. The SMILES string of the molecule is CCNC(=NCC(CC)(CC)CCO)N1CC(C)CC(C)C1. The Balaban J connectivity index is 2.84. The van der Waals surface area contributed by atoms with Gasteiger partial charge in [-0.3, -0.25) is 4.99 Å². The number of rotatable bonds is 7. The molecule has 0 spiro atoms. The smallest absolute Gasteiger partial charge is 0.193 e. The van der Waals surface area contributed by atoms with E-state index in [0.717, 1.165) is 63.2 Å². The third kappa shape index (κ3) is 5.45. The minimum atomic E-state index is 0.141. The average molecular weight is 312 g/mol. The number of hydrogen-bond donors (Lipinski definition) is 2. The third-order valence-electron chi connectivity index (χ3n) is 5.21. The van der Waals surface area contributed by atoms with Gasteiger partial charge in [-0.25, -0.2) is 0 Å². The predicted molar refractivity (Wildman–Crippen MR) is 95.2 cm³/mol. The Hall–Kier alpha value is -0.770. The van der Waals surface area contributed by atoms with Gasteiger partial charge in [0.1, 0.15) is 0 Å². The van der Waals surface area contributed by atoms with Gasteiger partial charge in [-0.1, -0.05) is 27.7 Å². The van der Waals surface area contributed by atoms with Crippen molar-refractivity contribution >= 4 is 5.96 Å². The number of nitrogens with one attached hydrogen (secondary N) is 1. The van der Waals surface area contributed by atoms with E-state index in [-0.39, 0.29) is 12.0 Å². The molecule has 0 aromatic carbocycles. The Morgan fingerprint density at radius 2 is 1.77 bits per heavy atom. The van der Waals surface area contributed by atoms with Crippen LogP contribution in [-0.4, -0.2) is 48.8 Å². The van der Waals surface area contributed by atoms with Crippen LogP contribution in [0, 0.1) is 17.3 Å². The van der Waals surface area contributed by atoms with E-state index in [1.165, 1.54) is 6.42 Å². The van der Waals surface area contributed by atoms with Crippen molar-refractivity contribution in [3.05, 3.63) is 0 Å². The molecule has 0 aromatic heterocycles. The molecule has 1 aliphatic heterocycles. The minimum Gasteiger partial charge on any atom is -0.396 e. The summed E-state index contributed by atoms with van der Waals surface area (Å²) in [4.78, 5) is 7.39. The molecule has 1 heterocycles. The predicted octanol–water partition coefficient (Wildman–Crippen LogP) is 3.12. The average Bonchev–Trinajstić information content (AvgIpc) is 2.49. The summed E-state index contributed by atoms with van der Waals surface area (Å²) in [6.45, 7) is 15.4. The molecular formula is C18H37N3O. The summed E-state index contributed by atoms with van der Waals surface area (Å²) in [7, 11) is 0. The van der Waals surface area contributed by atoms with Gasteiger partial charge in [0.15, 0.2) is 5.96 Å². The molecule has 0 aromatic rings. The van der Waals surface area contributed by atoms with Crippen LogP contribution in [0.1, 0.15) is 60.3 Å². The van der Waals surface area contributed by atoms with Crippen molar-refractivity contribution < 1.29 is 5.11 Å². The van der Waals surface area contributed by atoms with E-state index < -0.39 is 0 Å². The molecule has 0 bridgehead atoms. The number of likely N-dealkylation sites (tertiary alicyclic amines) is 1. The lowest BCUT2D eigenvalue weighted by Crippen LogP contribution is -2.48. The van der Waals surface area contributed by atoms with Crippen LogP contribution in [0.4, 0.5) is 0 Å². The van der Waals surface area contributed by atoms with Crippen molar-refractivity contribution in [3.8, 4) is 0 Å². The van der Waals surface area contributed by atoms with E-state index in [2.05, 4.69) is 44.8 Å². The van der Waals surface area contributed by atoms with E-state index in [4.69, 9.17) is 4.99 Å². The van der Waals surface area contributed by atoms with Gasteiger partial charge >= 0.3 is 0 Å². The van der Waals surface area contributed by atoms with Gasteiger partial charge < -0.3 is 15.3 Å². The standard InChI is InChI=1S/C18H37N3O/c1-6-18(7-2,9-10-22)14-20-17(19-8-3)21-12-15(4)11-16(5)13-21/h15-16,22H,6-14H2,1-5H3,(H,19,20). The fourth-order valence-electron chi connectivity index (χ4n) is 3.65. The maximum Gasteiger partial charge on any atom is 0.193 e. The molecule has 0 radical (unpaired) electrons. The van der Waals surface area contributed by atoms with E-state index in [1.807, 2.05) is 0 Å². The molecular weight excluding hydrogens is 274 g/mol. The molecule has 1 fully saturated rings. The van der Waals surface area contributed by atoms with Crippen molar-refractivity contribution in [2.24, 2.45) is 22.2 Å². The maximum absolute atomic E-state index is 9.38. The minimum absolute atomic E-state index is 0.141. The number of aliphatic hydroxyl groups is 1. The van der Waals surface area contributed by atoms with E-state index >= 15 is 0 Å². The van der Waals surface area contributed by atoms with Crippen molar-refractivity contribution in [1.82, 2.24) is 10.2 Å². The van der Waals surface area contributed by atoms with Crippen LogP contribution in [0.5, 0.6) is 0 Å². The van der Waals surface area contributed by atoms with Crippen molar-refractivity contribution in [2.45, 2.75) is 60.3 Å². The van der Waals surface area contributed by atoms with Crippen LogP contribution in [-0.2, 0) is 0 Å². The highest BCUT2D eigenvalue weighted by Gasteiger charge is 2.27. The molecule has 130 valence electrons. The van der Waals surface area contributed by atoms with Gasteiger partial charge in [0.25, 0.3) is 0 Å². The Bertz CT molecular complexity index is 329. The second-order valence-electron chi connectivity index (χ2n) is 7.20. The normalized spacial score (nSPS) is 23.7. The molecule has 0 saturated carbocycles. The van der Waals surface area contributed by atoms with Crippen molar-refractivity contribution in [2.75, 3.05) is 32.8 Å². The van der Waals surface area contributed by atoms with E-state index in [9.17, 15) is 5.11 Å². The van der Waals surface area contributed by atoms with Gasteiger partial charge in [-0.2, -0.15) is 0 Å². The van der Waals surface area contributed by atoms with Crippen LogP contribution < -0.4 is 5.32 Å². The monoisotopic (exact) mass is 311 g/mol. The largest absolute Gasteiger partial charge is 0.396 e. The Kier molecular flexibility index (Phi) is 8.23. The van der Waals surface area contributed by atoms with Crippen LogP contribution in [0.15, 0.2) is 4.99 Å². The molecule has 1 saturated heterocycles. The fourth-order valence-corrected chi connectivity index (χ4v) is 3.65. The van der Waals surface area contributed by atoms with Crippen LogP contribution in [0.3, 0.4) is 0 Å². The first-order chi connectivity index (χ1) is 10.5. The van der Waals surface area contributed by atoms with E-state index in [1.54, 1.807) is 0 Å². The van der Waals surface area contributed by atoms with Crippen LogP contribution in [0.25, 0.3) is 0 Å². The maximum atomic E-state index is 9.38. The zero-order chi connectivity index (χ0) is 16.6. The third-order valence-corrected chi connectivity index (χ3v) is 5.21. The lowest BCUT2D eigenvalue weighted by atomic mass is 9.79. The summed E-state index contributed by atoms with van der Waals surface area (Å²) in [6.07, 6.45) is 4.30. The molecule has 4 nitrogen and oxygen atoms in total. The Morgan fingerprint density at radius 1 is 1.18 bits per heavy atom. The second kappa shape index (κ2) is 9.39. The van der Waals surface area contributed by atoms with Crippen LogP contribution in [0.2, 0.25) is 0 Å².